The molecule has 1 aromatic heterocycles. The Bertz CT molecular complexity index is 826. The van der Waals surface area contributed by atoms with Gasteiger partial charge in [-0.1, -0.05) is 38.5 Å². The Morgan fingerprint density at radius 2 is 2.03 bits per heavy atom. The van der Waals surface area contributed by atoms with E-state index in [1.165, 1.54) is 25.8 Å². The van der Waals surface area contributed by atoms with E-state index in [2.05, 4.69) is 51.6 Å². The third-order valence-corrected chi connectivity index (χ3v) is 5.59. The normalized spacial score (nSPS) is 16.8. The number of hydrogen-bond donors (Lipinski definition) is 3. The molecule has 0 bridgehead atoms. The fourth-order valence-electron chi connectivity index (χ4n) is 3.75. The molecular formula is C24H36N6O. The molecule has 2 heterocycles. The van der Waals surface area contributed by atoms with Crippen molar-refractivity contribution in [1.82, 2.24) is 20.2 Å². The zero-order valence-electron chi connectivity index (χ0n) is 19.0. The molecule has 1 amide bonds. The Kier molecular flexibility index (Phi) is 8.64. The standard InChI is InChI=1S/C24H36N6O/c1-18(2)16-26-23(31)21-17-27-24(29-22(21)28-20-11-5-4-6-12-20)25-13-9-15-30-14-8-7-10-19(30)3/h4-6,11-12,17-19H,7-10,13-16H2,1-3H3,(H,26,31)(H2,25,27,28,29). The van der Waals surface area contributed by atoms with E-state index in [-0.39, 0.29) is 5.91 Å². The lowest BCUT2D eigenvalue weighted by molar-refractivity contribution is 0.0949. The molecule has 0 saturated carbocycles. The average Bonchev–Trinajstić information content (AvgIpc) is 2.77. The van der Waals surface area contributed by atoms with Gasteiger partial charge in [-0.25, -0.2) is 4.98 Å². The van der Waals surface area contributed by atoms with Crippen LogP contribution in [0, 0.1) is 5.92 Å². The predicted octanol–water partition coefficient (Wildman–Crippen LogP) is 4.28. The van der Waals surface area contributed by atoms with Crippen LogP contribution in [0.3, 0.4) is 0 Å². The molecule has 1 atom stereocenters. The average molecular weight is 425 g/mol. The summed E-state index contributed by atoms with van der Waals surface area (Å²) in [7, 11) is 0. The number of amides is 1. The van der Waals surface area contributed by atoms with Crippen LogP contribution in [-0.4, -0.2) is 53.0 Å². The maximum Gasteiger partial charge on any atom is 0.256 e. The van der Waals surface area contributed by atoms with Crippen molar-refractivity contribution < 1.29 is 4.79 Å². The third kappa shape index (κ3) is 7.21. The minimum absolute atomic E-state index is 0.169. The van der Waals surface area contributed by atoms with Crippen molar-refractivity contribution in [3.8, 4) is 0 Å². The number of para-hydroxylation sites is 1. The van der Waals surface area contributed by atoms with Gasteiger partial charge in [-0.3, -0.25) is 4.79 Å². The lowest BCUT2D eigenvalue weighted by atomic mass is 10.0. The molecule has 168 valence electrons. The highest BCUT2D eigenvalue weighted by atomic mass is 16.1. The first kappa shape index (κ1) is 23.0. The summed E-state index contributed by atoms with van der Waals surface area (Å²) >= 11 is 0. The molecule has 0 spiro atoms. The summed E-state index contributed by atoms with van der Waals surface area (Å²) in [6, 6.07) is 10.4. The Morgan fingerprint density at radius 1 is 1.23 bits per heavy atom. The molecule has 0 radical (unpaired) electrons. The quantitative estimate of drug-likeness (QED) is 0.494. The van der Waals surface area contributed by atoms with E-state index in [4.69, 9.17) is 0 Å². The van der Waals surface area contributed by atoms with Gasteiger partial charge in [0.05, 0.1) is 0 Å². The van der Waals surface area contributed by atoms with E-state index >= 15 is 0 Å². The summed E-state index contributed by atoms with van der Waals surface area (Å²) in [5.41, 5.74) is 1.32. The van der Waals surface area contributed by atoms with Crippen molar-refractivity contribution in [1.29, 1.82) is 0 Å². The minimum Gasteiger partial charge on any atom is -0.354 e. The number of likely N-dealkylation sites (tertiary alicyclic amines) is 1. The van der Waals surface area contributed by atoms with E-state index in [9.17, 15) is 4.79 Å². The molecule has 1 saturated heterocycles. The maximum atomic E-state index is 12.7. The number of benzene rings is 1. The van der Waals surface area contributed by atoms with Gasteiger partial charge in [0.25, 0.3) is 5.91 Å². The smallest absolute Gasteiger partial charge is 0.256 e. The number of carbonyl (C=O) groups excluding carboxylic acids is 1. The van der Waals surface area contributed by atoms with Crippen LogP contribution in [0.4, 0.5) is 17.5 Å². The minimum atomic E-state index is -0.169. The van der Waals surface area contributed by atoms with Crippen LogP contribution in [0.2, 0.25) is 0 Å². The van der Waals surface area contributed by atoms with Crippen LogP contribution in [-0.2, 0) is 0 Å². The first-order chi connectivity index (χ1) is 15.0. The molecule has 2 aromatic rings. The van der Waals surface area contributed by atoms with Crippen LogP contribution in [0.15, 0.2) is 36.5 Å². The van der Waals surface area contributed by atoms with Gasteiger partial charge in [-0.2, -0.15) is 4.98 Å². The molecular weight excluding hydrogens is 388 g/mol. The van der Waals surface area contributed by atoms with Gasteiger partial charge < -0.3 is 20.9 Å². The Morgan fingerprint density at radius 3 is 2.77 bits per heavy atom. The summed E-state index contributed by atoms with van der Waals surface area (Å²) in [4.78, 5) is 24.2. The van der Waals surface area contributed by atoms with Gasteiger partial charge in [-0.15, -0.1) is 0 Å². The zero-order valence-corrected chi connectivity index (χ0v) is 19.0. The lowest BCUT2D eigenvalue weighted by Crippen LogP contribution is -2.38. The topological polar surface area (TPSA) is 82.2 Å². The molecule has 31 heavy (non-hydrogen) atoms. The molecule has 0 aliphatic carbocycles. The molecule has 1 unspecified atom stereocenters. The number of hydrogen-bond acceptors (Lipinski definition) is 6. The van der Waals surface area contributed by atoms with Crippen molar-refractivity contribution in [3.05, 3.63) is 42.1 Å². The van der Waals surface area contributed by atoms with Gasteiger partial charge >= 0.3 is 0 Å². The summed E-state index contributed by atoms with van der Waals surface area (Å²) in [6.45, 7) is 10.1. The van der Waals surface area contributed by atoms with Crippen LogP contribution < -0.4 is 16.0 Å². The Hall–Kier alpha value is -2.67. The third-order valence-electron chi connectivity index (χ3n) is 5.59. The molecule has 1 aromatic carbocycles. The van der Waals surface area contributed by atoms with Crippen LogP contribution in [0.1, 0.15) is 56.8 Å². The first-order valence-corrected chi connectivity index (χ1v) is 11.5. The fourth-order valence-corrected chi connectivity index (χ4v) is 3.75. The van der Waals surface area contributed by atoms with Gasteiger partial charge in [0, 0.05) is 37.6 Å². The van der Waals surface area contributed by atoms with E-state index < -0.39 is 0 Å². The maximum absolute atomic E-state index is 12.7. The molecule has 3 rings (SSSR count). The summed E-state index contributed by atoms with van der Waals surface area (Å²) < 4.78 is 0. The number of carbonyl (C=O) groups is 1. The van der Waals surface area contributed by atoms with E-state index in [0.29, 0.717) is 35.8 Å². The first-order valence-electron chi connectivity index (χ1n) is 11.5. The fraction of sp³-hybridized carbons (Fsp3) is 0.542. The monoisotopic (exact) mass is 424 g/mol. The zero-order chi connectivity index (χ0) is 22.1. The van der Waals surface area contributed by atoms with Gasteiger partial charge in [0.15, 0.2) is 0 Å². The van der Waals surface area contributed by atoms with Crippen molar-refractivity contribution in [2.24, 2.45) is 5.92 Å². The van der Waals surface area contributed by atoms with Gasteiger partial charge in [0.1, 0.15) is 11.4 Å². The highest BCUT2D eigenvalue weighted by Gasteiger charge is 2.18. The highest BCUT2D eigenvalue weighted by molar-refractivity contribution is 5.99. The van der Waals surface area contributed by atoms with Crippen LogP contribution >= 0.6 is 0 Å². The van der Waals surface area contributed by atoms with Crippen molar-refractivity contribution in [2.75, 3.05) is 36.8 Å². The number of rotatable bonds is 10. The van der Waals surface area contributed by atoms with Crippen molar-refractivity contribution in [2.45, 2.75) is 52.5 Å². The summed E-state index contributed by atoms with van der Waals surface area (Å²) in [6.07, 6.45) is 6.58. The second-order valence-electron chi connectivity index (χ2n) is 8.71. The molecule has 7 heteroatoms. The van der Waals surface area contributed by atoms with E-state index in [0.717, 1.165) is 25.2 Å². The van der Waals surface area contributed by atoms with Crippen molar-refractivity contribution in [3.63, 3.8) is 0 Å². The van der Waals surface area contributed by atoms with Crippen LogP contribution in [0.5, 0.6) is 0 Å². The molecule has 3 N–H and O–H groups in total. The second kappa shape index (κ2) is 11.6. The summed E-state index contributed by atoms with van der Waals surface area (Å²) in [5, 5.41) is 9.54. The number of anilines is 3. The van der Waals surface area contributed by atoms with Crippen molar-refractivity contribution >= 4 is 23.4 Å². The SMILES string of the molecule is CC(C)CNC(=O)c1cnc(NCCCN2CCCCC2C)nc1Nc1ccccc1. The number of aromatic nitrogens is 2. The van der Waals surface area contributed by atoms with Gasteiger partial charge in [0.2, 0.25) is 5.95 Å². The Balaban J connectivity index is 1.63. The predicted molar refractivity (Wildman–Crippen MR) is 127 cm³/mol. The number of piperidine rings is 1. The van der Waals surface area contributed by atoms with Crippen LogP contribution in [0.25, 0.3) is 0 Å². The summed E-state index contributed by atoms with van der Waals surface area (Å²) in [5.74, 6) is 1.25. The Labute approximate surface area is 186 Å². The lowest BCUT2D eigenvalue weighted by Gasteiger charge is -2.33. The molecule has 1 aliphatic heterocycles. The molecule has 7 nitrogen and oxygen atoms in total. The van der Waals surface area contributed by atoms with E-state index in [1.54, 1.807) is 6.20 Å². The number of nitrogens with zero attached hydrogens (tertiary/aromatic N) is 3. The van der Waals surface area contributed by atoms with E-state index in [1.807, 2.05) is 30.3 Å². The second-order valence-corrected chi connectivity index (χ2v) is 8.71. The highest BCUT2D eigenvalue weighted by Crippen LogP contribution is 2.20. The number of nitrogens with one attached hydrogen (secondary N) is 3. The molecule has 1 fully saturated rings. The molecule has 1 aliphatic rings. The largest absolute Gasteiger partial charge is 0.354 e. The van der Waals surface area contributed by atoms with Gasteiger partial charge in [-0.05, 0) is 50.8 Å².